The standard InChI is InChI=1S/C26H51NO12/c1-27(2)7-8-31-9-10-32-11-12-33-13-14-34-15-16-35-17-18-36-19-20-37-21-22-38-23-24-39-26(30)6-4-3-5-25(28)29/h3-24H2,1-2H3,(H,28,29). The SMILES string of the molecule is CN(C)CCOCCOCCOCCOCCOCCOCCOCCOCCOC(=O)CCCCC(=O)O. The highest BCUT2D eigenvalue weighted by atomic mass is 16.6. The molecule has 0 aromatic heterocycles. The van der Waals surface area contributed by atoms with Crippen molar-refractivity contribution in [2.75, 3.05) is 133 Å². The molecule has 0 aliphatic rings. The summed E-state index contributed by atoms with van der Waals surface area (Å²) >= 11 is 0. The third-order valence-electron chi connectivity index (χ3n) is 4.80. The number of aliphatic carboxylic acids is 1. The number of nitrogens with zero attached hydrogens (tertiary/aromatic N) is 1. The fourth-order valence-corrected chi connectivity index (χ4v) is 2.72. The zero-order valence-corrected chi connectivity index (χ0v) is 23.9. The fraction of sp³-hybridized carbons (Fsp3) is 0.923. The van der Waals surface area contributed by atoms with Crippen molar-refractivity contribution >= 4 is 11.9 Å². The number of hydrogen-bond acceptors (Lipinski definition) is 12. The van der Waals surface area contributed by atoms with Gasteiger partial charge in [-0.3, -0.25) is 9.59 Å². The van der Waals surface area contributed by atoms with Crippen LogP contribution in [0.4, 0.5) is 0 Å². The molecule has 232 valence electrons. The van der Waals surface area contributed by atoms with Crippen LogP contribution in [0.1, 0.15) is 25.7 Å². The molecule has 13 heteroatoms. The monoisotopic (exact) mass is 569 g/mol. The summed E-state index contributed by atoms with van der Waals surface area (Å²) in [5.74, 6) is -1.20. The van der Waals surface area contributed by atoms with E-state index in [-0.39, 0.29) is 32.0 Å². The van der Waals surface area contributed by atoms with Crippen LogP contribution in [0.25, 0.3) is 0 Å². The highest BCUT2D eigenvalue weighted by molar-refractivity contribution is 5.69. The molecule has 39 heavy (non-hydrogen) atoms. The summed E-state index contributed by atoms with van der Waals surface area (Å²) < 4.78 is 48.3. The molecule has 0 bridgehead atoms. The van der Waals surface area contributed by atoms with E-state index in [1.54, 1.807) is 0 Å². The number of carboxylic acids is 1. The third-order valence-corrected chi connectivity index (χ3v) is 4.80. The minimum atomic E-state index is -0.860. The quantitative estimate of drug-likeness (QED) is 0.0906. The molecule has 0 aliphatic carbocycles. The number of unbranched alkanes of at least 4 members (excludes halogenated alkanes) is 1. The van der Waals surface area contributed by atoms with E-state index in [9.17, 15) is 9.59 Å². The Morgan fingerprint density at radius 2 is 0.795 bits per heavy atom. The summed E-state index contributed by atoms with van der Waals surface area (Å²) in [4.78, 5) is 23.9. The van der Waals surface area contributed by atoms with Gasteiger partial charge in [0.15, 0.2) is 0 Å². The van der Waals surface area contributed by atoms with Gasteiger partial charge in [-0.05, 0) is 26.9 Å². The predicted octanol–water partition coefficient (Wildman–Crippen LogP) is 0.869. The molecule has 0 unspecified atom stereocenters. The highest BCUT2D eigenvalue weighted by Crippen LogP contribution is 2.01. The second kappa shape index (κ2) is 31.1. The van der Waals surface area contributed by atoms with Crippen molar-refractivity contribution in [3.63, 3.8) is 0 Å². The molecule has 0 aliphatic heterocycles. The van der Waals surface area contributed by atoms with Crippen LogP contribution in [0.2, 0.25) is 0 Å². The highest BCUT2D eigenvalue weighted by Gasteiger charge is 2.04. The van der Waals surface area contributed by atoms with E-state index in [0.29, 0.717) is 112 Å². The van der Waals surface area contributed by atoms with Crippen LogP contribution in [-0.4, -0.2) is 155 Å². The van der Waals surface area contributed by atoms with Crippen LogP contribution in [0, 0.1) is 0 Å². The molecule has 0 spiro atoms. The zero-order valence-electron chi connectivity index (χ0n) is 23.9. The first kappa shape index (κ1) is 37.6. The molecule has 0 saturated heterocycles. The van der Waals surface area contributed by atoms with E-state index >= 15 is 0 Å². The lowest BCUT2D eigenvalue weighted by Gasteiger charge is -2.10. The largest absolute Gasteiger partial charge is 0.481 e. The summed E-state index contributed by atoms with van der Waals surface area (Å²) in [5, 5.41) is 8.53. The molecule has 0 heterocycles. The molecular weight excluding hydrogens is 518 g/mol. The van der Waals surface area contributed by atoms with Gasteiger partial charge in [0.1, 0.15) is 6.61 Å². The molecule has 0 saturated carbocycles. The lowest BCUT2D eigenvalue weighted by Crippen LogP contribution is -2.19. The number of carbonyl (C=O) groups excluding carboxylic acids is 1. The Kier molecular flexibility index (Phi) is 30.0. The lowest BCUT2D eigenvalue weighted by atomic mass is 10.2. The molecule has 0 aromatic rings. The van der Waals surface area contributed by atoms with Crippen LogP contribution in [-0.2, 0) is 52.2 Å². The van der Waals surface area contributed by atoms with Gasteiger partial charge in [-0.25, -0.2) is 0 Å². The lowest BCUT2D eigenvalue weighted by molar-refractivity contribution is -0.146. The van der Waals surface area contributed by atoms with Crippen molar-refractivity contribution in [2.24, 2.45) is 0 Å². The molecular formula is C26H51NO12. The Labute approximate surface area is 233 Å². The molecule has 1 N–H and O–H groups in total. The van der Waals surface area contributed by atoms with Crippen LogP contribution in [0.3, 0.4) is 0 Å². The number of ether oxygens (including phenoxy) is 9. The third kappa shape index (κ3) is 34.6. The summed E-state index contributed by atoms with van der Waals surface area (Å²) in [6, 6.07) is 0. The normalized spacial score (nSPS) is 11.4. The van der Waals surface area contributed by atoms with E-state index in [0.717, 1.165) is 6.54 Å². The average molecular weight is 570 g/mol. The second-order valence-electron chi connectivity index (χ2n) is 8.52. The van der Waals surface area contributed by atoms with E-state index in [1.807, 2.05) is 14.1 Å². The Balaban J connectivity index is 3.10. The number of carbonyl (C=O) groups is 2. The Morgan fingerprint density at radius 1 is 0.487 bits per heavy atom. The van der Waals surface area contributed by atoms with Crippen molar-refractivity contribution in [1.29, 1.82) is 0 Å². The Hall–Kier alpha value is -1.42. The van der Waals surface area contributed by atoms with Gasteiger partial charge in [0.2, 0.25) is 0 Å². The molecule has 0 amide bonds. The summed E-state index contributed by atoms with van der Waals surface area (Å²) in [6.45, 7) is 9.02. The maximum Gasteiger partial charge on any atom is 0.305 e. The van der Waals surface area contributed by atoms with Gasteiger partial charge >= 0.3 is 11.9 Å². The second-order valence-corrected chi connectivity index (χ2v) is 8.52. The summed E-state index contributed by atoms with van der Waals surface area (Å²) in [5.41, 5.74) is 0. The van der Waals surface area contributed by atoms with E-state index in [1.165, 1.54) is 0 Å². The van der Waals surface area contributed by atoms with E-state index in [2.05, 4.69) is 4.90 Å². The van der Waals surface area contributed by atoms with Crippen molar-refractivity contribution < 1.29 is 57.3 Å². The molecule has 0 atom stereocenters. The number of hydrogen-bond donors (Lipinski definition) is 1. The first-order chi connectivity index (χ1) is 19.0. The van der Waals surface area contributed by atoms with Crippen LogP contribution < -0.4 is 0 Å². The molecule has 13 nitrogen and oxygen atoms in total. The van der Waals surface area contributed by atoms with Gasteiger partial charge in [-0.15, -0.1) is 0 Å². The van der Waals surface area contributed by atoms with E-state index in [4.69, 9.17) is 47.7 Å². The Morgan fingerprint density at radius 3 is 1.13 bits per heavy atom. The number of rotatable bonds is 32. The van der Waals surface area contributed by atoms with Gasteiger partial charge in [0.05, 0.1) is 106 Å². The maximum atomic E-state index is 11.4. The Bertz CT molecular complexity index is 539. The van der Waals surface area contributed by atoms with Crippen molar-refractivity contribution in [3.05, 3.63) is 0 Å². The predicted molar refractivity (Wildman–Crippen MR) is 142 cm³/mol. The number of likely N-dealkylation sites (N-methyl/N-ethyl adjacent to an activating group) is 1. The summed E-state index contributed by atoms with van der Waals surface area (Å²) in [6.07, 6.45) is 1.25. The molecule has 0 fully saturated rings. The minimum Gasteiger partial charge on any atom is -0.481 e. The average Bonchev–Trinajstić information content (AvgIpc) is 2.90. The van der Waals surface area contributed by atoms with Gasteiger partial charge in [-0.1, -0.05) is 0 Å². The summed E-state index contributed by atoms with van der Waals surface area (Å²) in [7, 11) is 4.02. The van der Waals surface area contributed by atoms with Crippen LogP contribution >= 0.6 is 0 Å². The number of carboxylic acid groups (broad SMARTS) is 1. The van der Waals surface area contributed by atoms with Gasteiger partial charge in [0, 0.05) is 19.4 Å². The van der Waals surface area contributed by atoms with Gasteiger partial charge < -0.3 is 52.6 Å². The van der Waals surface area contributed by atoms with Crippen molar-refractivity contribution in [2.45, 2.75) is 25.7 Å². The van der Waals surface area contributed by atoms with E-state index < -0.39 is 5.97 Å². The molecule has 0 aromatic carbocycles. The fourth-order valence-electron chi connectivity index (χ4n) is 2.72. The van der Waals surface area contributed by atoms with Crippen molar-refractivity contribution in [3.8, 4) is 0 Å². The smallest absolute Gasteiger partial charge is 0.305 e. The number of esters is 1. The molecule has 0 rings (SSSR count). The van der Waals surface area contributed by atoms with Crippen LogP contribution in [0.15, 0.2) is 0 Å². The maximum absolute atomic E-state index is 11.4. The molecule has 0 radical (unpaired) electrons. The first-order valence-electron chi connectivity index (χ1n) is 13.7. The first-order valence-corrected chi connectivity index (χ1v) is 13.7. The van der Waals surface area contributed by atoms with Gasteiger partial charge in [0.25, 0.3) is 0 Å². The van der Waals surface area contributed by atoms with Gasteiger partial charge in [-0.2, -0.15) is 0 Å². The minimum absolute atomic E-state index is 0.0643. The van der Waals surface area contributed by atoms with Crippen molar-refractivity contribution in [1.82, 2.24) is 4.90 Å². The zero-order chi connectivity index (χ0) is 28.7. The topological polar surface area (TPSA) is 141 Å². The van der Waals surface area contributed by atoms with Crippen LogP contribution in [0.5, 0.6) is 0 Å².